The van der Waals surface area contributed by atoms with Crippen molar-refractivity contribution in [3.05, 3.63) is 35.7 Å². The maximum absolute atomic E-state index is 12.7. The number of carbonyl (C=O) groups is 1. The summed E-state index contributed by atoms with van der Waals surface area (Å²) < 4.78 is 23.8. The van der Waals surface area contributed by atoms with Gasteiger partial charge in [0.15, 0.2) is 9.84 Å². The number of sulfone groups is 1. The maximum atomic E-state index is 12.7. The summed E-state index contributed by atoms with van der Waals surface area (Å²) in [5.74, 6) is -0.210. The number of likely N-dealkylation sites (tertiary alicyclic amines) is 1. The van der Waals surface area contributed by atoms with Gasteiger partial charge in [-0.25, -0.2) is 18.4 Å². The summed E-state index contributed by atoms with van der Waals surface area (Å²) in [4.78, 5) is 22.6. The second-order valence-electron chi connectivity index (χ2n) is 6.03. The average Bonchev–Trinajstić information content (AvgIpc) is 3.05. The molecule has 1 saturated heterocycles. The van der Waals surface area contributed by atoms with Crippen LogP contribution in [-0.4, -0.2) is 58.7 Å². The van der Waals surface area contributed by atoms with Crippen LogP contribution in [0.15, 0.2) is 23.6 Å². The van der Waals surface area contributed by atoms with Gasteiger partial charge in [0.2, 0.25) is 0 Å². The number of carbonyl (C=O) groups excluding carboxylic acids is 1. The highest BCUT2D eigenvalue weighted by Crippen LogP contribution is 2.30. The van der Waals surface area contributed by atoms with Crippen LogP contribution in [0.4, 0.5) is 0 Å². The van der Waals surface area contributed by atoms with Crippen molar-refractivity contribution in [1.82, 2.24) is 25.1 Å². The highest BCUT2D eigenvalue weighted by atomic mass is 32.2. The average molecular weight is 349 g/mol. The minimum atomic E-state index is -3.35. The minimum Gasteiger partial charge on any atom is -0.338 e. The number of aromatic nitrogens is 4. The van der Waals surface area contributed by atoms with E-state index < -0.39 is 9.84 Å². The summed E-state index contributed by atoms with van der Waals surface area (Å²) in [5, 5.41) is 6.68. The molecule has 0 aromatic carbocycles. The van der Waals surface area contributed by atoms with Crippen molar-refractivity contribution in [2.45, 2.75) is 30.6 Å². The van der Waals surface area contributed by atoms with Crippen molar-refractivity contribution in [1.29, 1.82) is 0 Å². The number of rotatable bonds is 3. The molecule has 1 fully saturated rings. The van der Waals surface area contributed by atoms with Crippen molar-refractivity contribution in [2.24, 2.45) is 0 Å². The molecule has 2 aromatic rings. The molecule has 128 valence electrons. The molecule has 2 aromatic heterocycles. The maximum Gasteiger partial charge on any atom is 0.257 e. The Labute approximate surface area is 140 Å². The van der Waals surface area contributed by atoms with E-state index in [9.17, 15) is 13.2 Å². The zero-order valence-electron chi connectivity index (χ0n) is 13.6. The Kier molecular flexibility index (Phi) is 4.35. The van der Waals surface area contributed by atoms with E-state index in [1.165, 1.54) is 18.7 Å². The number of nitrogens with one attached hydrogen (secondary N) is 1. The van der Waals surface area contributed by atoms with Crippen molar-refractivity contribution >= 4 is 15.7 Å². The van der Waals surface area contributed by atoms with Gasteiger partial charge in [-0.05, 0) is 19.8 Å². The first-order valence-electron chi connectivity index (χ1n) is 7.67. The van der Waals surface area contributed by atoms with E-state index in [-0.39, 0.29) is 16.7 Å². The number of hydrogen-bond donors (Lipinski definition) is 1. The van der Waals surface area contributed by atoms with Gasteiger partial charge in [-0.3, -0.25) is 9.89 Å². The fraction of sp³-hybridized carbons (Fsp3) is 0.467. The Bertz CT molecular complexity index is 861. The lowest BCUT2D eigenvalue weighted by molar-refractivity contribution is 0.0703. The number of nitrogens with zero attached hydrogens (tertiary/aromatic N) is 4. The van der Waals surface area contributed by atoms with Gasteiger partial charge in [0.25, 0.3) is 5.91 Å². The van der Waals surface area contributed by atoms with Crippen molar-refractivity contribution < 1.29 is 13.2 Å². The molecule has 0 saturated carbocycles. The molecule has 1 amide bonds. The summed E-state index contributed by atoms with van der Waals surface area (Å²) in [7, 11) is -3.35. The SMILES string of the molecule is Cc1ncncc1C(=O)N1CCC[C@H](c2[nH]ncc2S(C)(=O)=O)C1. The van der Waals surface area contributed by atoms with Crippen LogP contribution in [0, 0.1) is 6.92 Å². The summed E-state index contributed by atoms with van der Waals surface area (Å²) in [5.41, 5.74) is 1.69. The third-order valence-electron chi connectivity index (χ3n) is 4.29. The molecule has 0 radical (unpaired) electrons. The van der Waals surface area contributed by atoms with Crippen LogP contribution in [0.1, 0.15) is 40.5 Å². The fourth-order valence-electron chi connectivity index (χ4n) is 3.04. The predicted octanol–water partition coefficient (Wildman–Crippen LogP) is 0.931. The van der Waals surface area contributed by atoms with Gasteiger partial charge in [0.05, 0.1) is 23.1 Å². The monoisotopic (exact) mass is 349 g/mol. The Balaban J connectivity index is 1.84. The van der Waals surface area contributed by atoms with Crippen LogP contribution >= 0.6 is 0 Å². The molecular weight excluding hydrogens is 330 g/mol. The van der Waals surface area contributed by atoms with Crippen LogP contribution in [0.2, 0.25) is 0 Å². The third-order valence-corrected chi connectivity index (χ3v) is 5.41. The molecule has 0 unspecified atom stereocenters. The topological polar surface area (TPSA) is 109 Å². The molecule has 0 bridgehead atoms. The Hall–Kier alpha value is -2.29. The van der Waals surface area contributed by atoms with Crippen molar-refractivity contribution in [3.63, 3.8) is 0 Å². The van der Waals surface area contributed by atoms with Gasteiger partial charge in [-0.15, -0.1) is 0 Å². The number of piperidine rings is 1. The first-order chi connectivity index (χ1) is 11.4. The number of aromatic amines is 1. The summed E-state index contributed by atoms with van der Waals surface area (Å²) in [6.45, 7) is 2.84. The molecule has 1 N–H and O–H groups in total. The highest BCUT2D eigenvalue weighted by Gasteiger charge is 2.30. The first-order valence-corrected chi connectivity index (χ1v) is 9.56. The van der Waals surface area contributed by atoms with E-state index in [0.717, 1.165) is 19.1 Å². The van der Waals surface area contributed by atoms with Gasteiger partial charge in [0.1, 0.15) is 11.2 Å². The van der Waals surface area contributed by atoms with Gasteiger partial charge >= 0.3 is 0 Å². The van der Waals surface area contributed by atoms with E-state index in [2.05, 4.69) is 20.2 Å². The quantitative estimate of drug-likeness (QED) is 0.883. The lowest BCUT2D eigenvalue weighted by Crippen LogP contribution is -2.39. The predicted molar refractivity (Wildman–Crippen MR) is 86.3 cm³/mol. The largest absolute Gasteiger partial charge is 0.338 e. The van der Waals surface area contributed by atoms with E-state index in [1.807, 2.05) is 0 Å². The minimum absolute atomic E-state index is 0.0835. The second-order valence-corrected chi connectivity index (χ2v) is 8.02. The van der Waals surface area contributed by atoms with Crippen LogP contribution in [-0.2, 0) is 9.84 Å². The van der Waals surface area contributed by atoms with Crippen molar-refractivity contribution in [2.75, 3.05) is 19.3 Å². The van der Waals surface area contributed by atoms with Crippen LogP contribution in [0.5, 0.6) is 0 Å². The Morgan fingerprint density at radius 1 is 1.38 bits per heavy atom. The Morgan fingerprint density at radius 3 is 2.88 bits per heavy atom. The van der Waals surface area contributed by atoms with E-state index in [1.54, 1.807) is 11.8 Å². The molecule has 3 heterocycles. The van der Waals surface area contributed by atoms with Crippen LogP contribution in [0.3, 0.4) is 0 Å². The molecule has 1 aliphatic heterocycles. The normalized spacial score (nSPS) is 18.6. The number of aryl methyl sites for hydroxylation is 1. The Morgan fingerprint density at radius 2 is 2.17 bits per heavy atom. The number of H-pyrrole nitrogens is 1. The van der Waals surface area contributed by atoms with Gasteiger partial charge in [0, 0.05) is 31.5 Å². The molecule has 1 atom stereocenters. The van der Waals surface area contributed by atoms with Gasteiger partial charge < -0.3 is 4.90 Å². The first kappa shape index (κ1) is 16.6. The molecule has 0 spiro atoms. The summed E-state index contributed by atoms with van der Waals surface area (Å²) in [6, 6.07) is 0. The number of hydrogen-bond acceptors (Lipinski definition) is 6. The standard InChI is InChI=1S/C15H19N5O3S/c1-10-12(6-16-9-17-10)15(21)20-5-3-4-11(8-20)14-13(7-18-19-14)24(2,22)23/h6-7,9,11H,3-5,8H2,1-2H3,(H,18,19)/t11-/m0/s1. The molecular formula is C15H19N5O3S. The molecule has 9 heteroatoms. The molecule has 8 nitrogen and oxygen atoms in total. The molecule has 1 aliphatic rings. The third kappa shape index (κ3) is 3.16. The van der Waals surface area contributed by atoms with Crippen LogP contribution in [0.25, 0.3) is 0 Å². The zero-order chi connectivity index (χ0) is 17.3. The van der Waals surface area contributed by atoms with Crippen LogP contribution < -0.4 is 0 Å². The lowest BCUT2D eigenvalue weighted by atomic mass is 9.94. The molecule has 0 aliphatic carbocycles. The van der Waals surface area contributed by atoms with E-state index in [4.69, 9.17) is 0 Å². The second kappa shape index (κ2) is 6.31. The smallest absolute Gasteiger partial charge is 0.257 e. The molecule has 24 heavy (non-hydrogen) atoms. The lowest BCUT2D eigenvalue weighted by Gasteiger charge is -2.32. The zero-order valence-corrected chi connectivity index (χ0v) is 14.4. The van der Waals surface area contributed by atoms with E-state index in [0.29, 0.717) is 30.0 Å². The van der Waals surface area contributed by atoms with E-state index >= 15 is 0 Å². The fourth-order valence-corrected chi connectivity index (χ4v) is 3.90. The van der Waals surface area contributed by atoms with Gasteiger partial charge in [-0.1, -0.05) is 0 Å². The highest BCUT2D eigenvalue weighted by molar-refractivity contribution is 7.90. The van der Waals surface area contributed by atoms with Gasteiger partial charge in [-0.2, -0.15) is 5.10 Å². The summed E-state index contributed by atoms with van der Waals surface area (Å²) >= 11 is 0. The van der Waals surface area contributed by atoms with Crippen molar-refractivity contribution in [3.8, 4) is 0 Å². The molecule has 3 rings (SSSR count). The summed E-state index contributed by atoms with van der Waals surface area (Å²) in [6.07, 6.45) is 7.03. The number of amides is 1.